The summed E-state index contributed by atoms with van der Waals surface area (Å²) < 4.78 is 0. The van der Waals surface area contributed by atoms with Crippen LogP contribution in [0.4, 0.5) is 0 Å². The van der Waals surface area contributed by atoms with Gasteiger partial charge in [0.05, 0.1) is 17.6 Å². The van der Waals surface area contributed by atoms with E-state index in [1.807, 2.05) is 6.92 Å². The van der Waals surface area contributed by atoms with Crippen LogP contribution in [0.1, 0.15) is 22.8 Å². The Bertz CT molecular complexity index is 423. The summed E-state index contributed by atoms with van der Waals surface area (Å²) in [6.07, 6.45) is 3.25. The lowest BCUT2D eigenvalue weighted by Gasteiger charge is -2.18. The number of carbonyl (C=O) groups is 1. The van der Waals surface area contributed by atoms with Gasteiger partial charge in [-0.2, -0.15) is 5.26 Å². The highest BCUT2D eigenvalue weighted by Gasteiger charge is 2.14. The largest absolute Gasteiger partial charge is 0.340 e. The summed E-state index contributed by atoms with van der Waals surface area (Å²) in [6.45, 7) is 4.11. The fourth-order valence-electron chi connectivity index (χ4n) is 1.43. The Kier molecular flexibility index (Phi) is 4.01. The van der Waals surface area contributed by atoms with Gasteiger partial charge in [-0.3, -0.25) is 9.78 Å². The average Bonchev–Trinajstić information content (AvgIpc) is 2.27. The fraction of sp³-hybridized carbons (Fsp3) is 0.417. The molecule has 0 bridgehead atoms. The third-order valence-corrected chi connectivity index (χ3v) is 2.24. The van der Waals surface area contributed by atoms with Gasteiger partial charge in [0.25, 0.3) is 5.91 Å². The monoisotopic (exact) mass is 217 g/mol. The SMILES string of the molecule is Cc1cncc(C(=O)N(C)CC(C)C#N)c1. The molecule has 84 valence electrons. The van der Waals surface area contributed by atoms with Gasteiger partial charge in [-0.1, -0.05) is 0 Å². The number of pyridine rings is 1. The zero-order valence-corrected chi connectivity index (χ0v) is 9.77. The van der Waals surface area contributed by atoms with Crippen LogP contribution >= 0.6 is 0 Å². The van der Waals surface area contributed by atoms with E-state index in [-0.39, 0.29) is 11.8 Å². The van der Waals surface area contributed by atoms with Crippen molar-refractivity contribution in [2.45, 2.75) is 13.8 Å². The number of hydrogen-bond acceptors (Lipinski definition) is 3. The van der Waals surface area contributed by atoms with Gasteiger partial charge in [-0.15, -0.1) is 0 Å². The molecule has 16 heavy (non-hydrogen) atoms. The predicted molar refractivity (Wildman–Crippen MR) is 60.7 cm³/mol. The second-order valence-corrected chi connectivity index (χ2v) is 3.97. The number of aryl methyl sites for hydroxylation is 1. The molecule has 4 nitrogen and oxygen atoms in total. The van der Waals surface area contributed by atoms with Crippen LogP contribution < -0.4 is 0 Å². The molecule has 0 aliphatic heterocycles. The van der Waals surface area contributed by atoms with Crippen molar-refractivity contribution in [3.63, 3.8) is 0 Å². The van der Waals surface area contributed by atoms with Gasteiger partial charge in [0.15, 0.2) is 0 Å². The Morgan fingerprint density at radius 2 is 2.31 bits per heavy atom. The van der Waals surface area contributed by atoms with E-state index in [0.717, 1.165) is 5.56 Å². The van der Waals surface area contributed by atoms with Crippen molar-refractivity contribution in [3.8, 4) is 6.07 Å². The van der Waals surface area contributed by atoms with E-state index >= 15 is 0 Å². The summed E-state index contributed by atoms with van der Waals surface area (Å²) in [7, 11) is 1.69. The molecular formula is C12H15N3O. The van der Waals surface area contributed by atoms with Crippen LogP contribution in [0.5, 0.6) is 0 Å². The molecule has 1 aromatic heterocycles. The van der Waals surface area contributed by atoms with Crippen LogP contribution in [0.25, 0.3) is 0 Å². The third-order valence-electron chi connectivity index (χ3n) is 2.24. The number of amides is 1. The summed E-state index contributed by atoms with van der Waals surface area (Å²) in [5.41, 5.74) is 1.51. The molecule has 4 heteroatoms. The quantitative estimate of drug-likeness (QED) is 0.773. The number of aromatic nitrogens is 1. The number of hydrogen-bond donors (Lipinski definition) is 0. The lowest BCUT2D eigenvalue weighted by molar-refractivity contribution is 0.0784. The smallest absolute Gasteiger partial charge is 0.255 e. The first-order chi connectivity index (χ1) is 7.54. The van der Waals surface area contributed by atoms with E-state index in [1.54, 1.807) is 37.3 Å². The highest BCUT2D eigenvalue weighted by atomic mass is 16.2. The maximum absolute atomic E-state index is 11.9. The molecule has 0 aromatic carbocycles. The van der Waals surface area contributed by atoms with Crippen LogP contribution in [0, 0.1) is 24.2 Å². The number of nitriles is 1. The minimum atomic E-state index is -0.160. The Hall–Kier alpha value is -1.89. The van der Waals surface area contributed by atoms with E-state index in [0.29, 0.717) is 12.1 Å². The second-order valence-electron chi connectivity index (χ2n) is 3.97. The molecule has 0 saturated carbocycles. The number of carbonyl (C=O) groups excluding carboxylic acids is 1. The van der Waals surface area contributed by atoms with Crippen LogP contribution in [0.2, 0.25) is 0 Å². The van der Waals surface area contributed by atoms with Gasteiger partial charge < -0.3 is 4.90 Å². The molecule has 1 rings (SSSR count). The van der Waals surface area contributed by atoms with Crippen molar-refractivity contribution in [1.29, 1.82) is 5.26 Å². The van der Waals surface area contributed by atoms with Crippen LogP contribution in [-0.2, 0) is 0 Å². The predicted octanol–water partition coefficient (Wildman–Crippen LogP) is 1.62. The van der Waals surface area contributed by atoms with Crippen LogP contribution in [0.15, 0.2) is 18.5 Å². The Morgan fingerprint density at radius 1 is 1.62 bits per heavy atom. The average molecular weight is 217 g/mol. The Labute approximate surface area is 95.5 Å². The molecule has 1 unspecified atom stereocenters. The summed E-state index contributed by atoms with van der Waals surface area (Å²) in [6, 6.07) is 3.90. The van der Waals surface area contributed by atoms with Crippen molar-refractivity contribution >= 4 is 5.91 Å². The highest BCUT2D eigenvalue weighted by Crippen LogP contribution is 2.06. The maximum atomic E-state index is 11.9. The van der Waals surface area contributed by atoms with E-state index < -0.39 is 0 Å². The molecule has 1 aromatic rings. The maximum Gasteiger partial charge on any atom is 0.255 e. The summed E-state index contributed by atoms with van der Waals surface area (Å²) >= 11 is 0. The lowest BCUT2D eigenvalue weighted by atomic mass is 10.1. The van der Waals surface area contributed by atoms with Gasteiger partial charge in [-0.05, 0) is 25.5 Å². The van der Waals surface area contributed by atoms with E-state index in [4.69, 9.17) is 5.26 Å². The molecule has 0 aliphatic rings. The minimum Gasteiger partial charge on any atom is -0.340 e. The lowest BCUT2D eigenvalue weighted by Crippen LogP contribution is -2.30. The first-order valence-corrected chi connectivity index (χ1v) is 5.11. The zero-order valence-electron chi connectivity index (χ0n) is 9.77. The van der Waals surface area contributed by atoms with Gasteiger partial charge >= 0.3 is 0 Å². The van der Waals surface area contributed by atoms with Crippen LogP contribution in [0.3, 0.4) is 0 Å². The molecule has 1 atom stereocenters. The van der Waals surface area contributed by atoms with Gasteiger partial charge in [0.2, 0.25) is 0 Å². The highest BCUT2D eigenvalue weighted by molar-refractivity contribution is 5.93. The van der Waals surface area contributed by atoms with Gasteiger partial charge in [-0.25, -0.2) is 0 Å². The van der Waals surface area contributed by atoms with E-state index in [1.165, 1.54) is 0 Å². The molecule has 0 saturated heterocycles. The summed E-state index contributed by atoms with van der Waals surface area (Å²) in [5.74, 6) is -0.259. The second kappa shape index (κ2) is 5.26. The molecule has 0 radical (unpaired) electrons. The van der Waals surface area contributed by atoms with Crippen molar-refractivity contribution in [2.75, 3.05) is 13.6 Å². The summed E-state index contributed by atoms with van der Waals surface area (Å²) in [5, 5.41) is 8.68. The zero-order chi connectivity index (χ0) is 12.1. The first kappa shape index (κ1) is 12.2. The van der Waals surface area contributed by atoms with E-state index in [2.05, 4.69) is 11.1 Å². The topological polar surface area (TPSA) is 57.0 Å². The standard InChI is InChI=1S/C12H15N3O/c1-9-4-11(7-14-6-9)12(16)15(3)8-10(2)5-13/h4,6-7,10H,8H2,1-3H3. The molecule has 0 aliphatic carbocycles. The van der Waals surface area contributed by atoms with Gasteiger partial charge in [0, 0.05) is 26.0 Å². The van der Waals surface area contributed by atoms with Gasteiger partial charge in [0.1, 0.15) is 0 Å². The first-order valence-electron chi connectivity index (χ1n) is 5.11. The van der Waals surface area contributed by atoms with Crippen molar-refractivity contribution in [3.05, 3.63) is 29.6 Å². The molecule has 0 N–H and O–H groups in total. The third kappa shape index (κ3) is 3.06. The minimum absolute atomic E-state index is 0.0988. The molecule has 1 amide bonds. The Balaban J connectivity index is 2.75. The molecular weight excluding hydrogens is 202 g/mol. The Morgan fingerprint density at radius 3 is 2.88 bits per heavy atom. The van der Waals surface area contributed by atoms with E-state index in [9.17, 15) is 4.79 Å². The van der Waals surface area contributed by atoms with Crippen molar-refractivity contribution in [1.82, 2.24) is 9.88 Å². The summed E-state index contributed by atoms with van der Waals surface area (Å²) in [4.78, 5) is 17.4. The van der Waals surface area contributed by atoms with Crippen LogP contribution in [-0.4, -0.2) is 29.4 Å². The number of nitrogens with zero attached hydrogens (tertiary/aromatic N) is 3. The normalized spacial score (nSPS) is 11.6. The molecule has 1 heterocycles. The fourth-order valence-corrected chi connectivity index (χ4v) is 1.43. The van der Waals surface area contributed by atoms with Crippen molar-refractivity contribution < 1.29 is 4.79 Å². The molecule has 0 fully saturated rings. The van der Waals surface area contributed by atoms with Crippen molar-refractivity contribution in [2.24, 2.45) is 5.92 Å². The number of rotatable bonds is 3. The molecule has 0 spiro atoms.